The van der Waals surface area contributed by atoms with E-state index in [0.717, 1.165) is 50.9 Å². The van der Waals surface area contributed by atoms with Crippen LogP contribution in [0.25, 0.3) is 0 Å². The van der Waals surface area contributed by atoms with Crippen LogP contribution < -0.4 is 5.32 Å². The SMILES string of the molecule is O=C(NCC1CCN(Cc2cccs2)CC1)C(c1ccccc1)N1CCCCC1=O. The molecule has 6 heteroatoms. The minimum absolute atomic E-state index is 0.0440. The number of nitrogens with zero attached hydrogens (tertiary/aromatic N) is 2. The minimum Gasteiger partial charge on any atom is -0.354 e. The van der Waals surface area contributed by atoms with Gasteiger partial charge in [-0.2, -0.15) is 0 Å². The molecular weight excluding hydrogens is 394 g/mol. The van der Waals surface area contributed by atoms with E-state index in [1.165, 1.54) is 4.88 Å². The molecule has 2 aliphatic heterocycles. The van der Waals surface area contributed by atoms with Crippen LogP contribution in [0, 0.1) is 5.92 Å². The van der Waals surface area contributed by atoms with Crippen LogP contribution in [0.3, 0.4) is 0 Å². The maximum Gasteiger partial charge on any atom is 0.247 e. The topological polar surface area (TPSA) is 52.7 Å². The van der Waals surface area contributed by atoms with Gasteiger partial charge in [-0.15, -0.1) is 11.3 Å². The van der Waals surface area contributed by atoms with Crippen LogP contribution >= 0.6 is 11.3 Å². The highest BCUT2D eigenvalue weighted by atomic mass is 32.1. The maximum absolute atomic E-state index is 13.2. The van der Waals surface area contributed by atoms with E-state index in [4.69, 9.17) is 0 Å². The third-order valence-corrected chi connectivity index (χ3v) is 7.13. The largest absolute Gasteiger partial charge is 0.354 e. The van der Waals surface area contributed by atoms with Gasteiger partial charge < -0.3 is 10.2 Å². The van der Waals surface area contributed by atoms with Gasteiger partial charge in [-0.3, -0.25) is 14.5 Å². The molecule has 1 aromatic carbocycles. The van der Waals surface area contributed by atoms with Crippen LogP contribution in [0.5, 0.6) is 0 Å². The lowest BCUT2D eigenvalue weighted by atomic mass is 9.96. The number of benzene rings is 1. The van der Waals surface area contributed by atoms with Crippen LogP contribution in [0.4, 0.5) is 0 Å². The molecule has 1 unspecified atom stereocenters. The second-order valence-electron chi connectivity index (χ2n) is 8.40. The molecule has 0 aliphatic carbocycles. The van der Waals surface area contributed by atoms with Crippen LogP contribution in [-0.2, 0) is 16.1 Å². The fourth-order valence-electron chi connectivity index (χ4n) is 4.52. The second-order valence-corrected chi connectivity index (χ2v) is 9.43. The van der Waals surface area contributed by atoms with E-state index in [1.54, 1.807) is 4.90 Å². The molecule has 2 fully saturated rings. The van der Waals surface area contributed by atoms with Gasteiger partial charge in [0.15, 0.2) is 0 Å². The van der Waals surface area contributed by atoms with Crippen molar-refractivity contribution in [1.29, 1.82) is 0 Å². The number of hydrogen-bond acceptors (Lipinski definition) is 4. The number of carbonyl (C=O) groups is 2. The van der Waals surface area contributed by atoms with Gasteiger partial charge in [0.1, 0.15) is 6.04 Å². The van der Waals surface area contributed by atoms with Gasteiger partial charge in [-0.1, -0.05) is 36.4 Å². The number of likely N-dealkylation sites (tertiary alicyclic amines) is 2. The Hall–Kier alpha value is -2.18. The number of hydrogen-bond donors (Lipinski definition) is 1. The van der Waals surface area contributed by atoms with Crippen LogP contribution in [0.2, 0.25) is 0 Å². The Labute approximate surface area is 183 Å². The Kier molecular flexibility index (Phi) is 7.18. The summed E-state index contributed by atoms with van der Waals surface area (Å²) in [7, 11) is 0. The quantitative estimate of drug-likeness (QED) is 0.734. The van der Waals surface area contributed by atoms with Crippen molar-refractivity contribution in [3.8, 4) is 0 Å². The monoisotopic (exact) mass is 425 g/mol. The molecule has 1 aromatic heterocycles. The molecule has 2 aromatic rings. The molecule has 2 saturated heterocycles. The Balaban J connectivity index is 1.32. The van der Waals surface area contributed by atoms with Crippen LogP contribution in [0.1, 0.15) is 48.6 Å². The Bertz CT molecular complexity index is 816. The summed E-state index contributed by atoms with van der Waals surface area (Å²) in [6.45, 7) is 4.53. The van der Waals surface area contributed by atoms with Crippen molar-refractivity contribution in [3.63, 3.8) is 0 Å². The van der Waals surface area contributed by atoms with Crippen molar-refractivity contribution >= 4 is 23.2 Å². The molecule has 3 heterocycles. The molecule has 0 saturated carbocycles. The summed E-state index contributed by atoms with van der Waals surface area (Å²) >= 11 is 1.82. The molecule has 4 rings (SSSR count). The van der Waals surface area contributed by atoms with Crippen molar-refractivity contribution < 1.29 is 9.59 Å². The first-order valence-electron chi connectivity index (χ1n) is 11.1. The molecular formula is C24H31N3O2S. The zero-order valence-electron chi connectivity index (χ0n) is 17.5. The highest BCUT2D eigenvalue weighted by molar-refractivity contribution is 7.09. The van der Waals surface area contributed by atoms with Gasteiger partial charge in [0.05, 0.1) is 0 Å². The second kappa shape index (κ2) is 10.2. The van der Waals surface area contributed by atoms with Gasteiger partial charge in [-0.05, 0) is 61.7 Å². The zero-order chi connectivity index (χ0) is 20.8. The fourth-order valence-corrected chi connectivity index (χ4v) is 5.27. The van der Waals surface area contributed by atoms with Crippen molar-refractivity contribution in [1.82, 2.24) is 15.1 Å². The predicted molar refractivity (Wildman–Crippen MR) is 120 cm³/mol. The summed E-state index contributed by atoms with van der Waals surface area (Å²) < 4.78 is 0. The molecule has 1 atom stereocenters. The molecule has 2 aliphatic rings. The molecule has 160 valence electrons. The number of amides is 2. The van der Waals surface area contributed by atoms with E-state index < -0.39 is 6.04 Å². The first-order valence-corrected chi connectivity index (χ1v) is 12.0. The standard InChI is InChI=1S/C24H31N3O2S/c28-22-10-4-5-13-27(22)23(20-7-2-1-3-8-20)24(29)25-17-19-11-14-26(15-12-19)18-21-9-6-16-30-21/h1-3,6-9,16,19,23H,4-5,10-15,17-18H2,(H,25,29). The lowest BCUT2D eigenvalue weighted by Crippen LogP contribution is -2.47. The van der Waals surface area contributed by atoms with E-state index in [-0.39, 0.29) is 11.8 Å². The summed E-state index contributed by atoms with van der Waals surface area (Å²) in [5.74, 6) is 0.548. The number of carbonyl (C=O) groups excluding carboxylic acids is 2. The van der Waals surface area contributed by atoms with Gasteiger partial charge in [0.25, 0.3) is 0 Å². The van der Waals surface area contributed by atoms with Crippen molar-refractivity contribution in [2.24, 2.45) is 5.92 Å². The molecule has 0 radical (unpaired) electrons. The first-order chi connectivity index (χ1) is 14.7. The first kappa shape index (κ1) is 21.1. The number of thiophene rings is 1. The predicted octanol–water partition coefficient (Wildman–Crippen LogP) is 3.83. The number of rotatable bonds is 7. The normalized spacial score (nSPS) is 19.6. The molecule has 30 heavy (non-hydrogen) atoms. The molecule has 1 N–H and O–H groups in total. The van der Waals surface area contributed by atoms with Crippen molar-refractivity contribution in [2.75, 3.05) is 26.2 Å². The molecule has 0 spiro atoms. The Morgan fingerprint density at radius 1 is 1.07 bits per heavy atom. The summed E-state index contributed by atoms with van der Waals surface area (Å²) in [5, 5.41) is 5.31. The lowest BCUT2D eigenvalue weighted by molar-refractivity contribution is -0.142. The number of piperidine rings is 2. The highest BCUT2D eigenvalue weighted by Gasteiger charge is 2.33. The van der Waals surface area contributed by atoms with E-state index >= 15 is 0 Å². The number of nitrogens with one attached hydrogen (secondary N) is 1. The van der Waals surface area contributed by atoms with E-state index in [0.29, 0.717) is 25.4 Å². The van der Waals surface area contributed by atoms with Gasteiger partial charge in [-0.25, -0.2) is 0 Å². The highest BCUT2D eigenvalue weighted by Crippen LogP contribution is 2.26. The third kappa shape index (κ3) is 5.29. The summed E-state index contributed by atoms with van der Waals surface area (Å²) in [6.07, 6.45) is 4.63. The van der Waals surface area contributed by atoms with Crippen LogP contribution in [0.15, 0.2) is 47.8 Å². The van der Waals surface area contributed by atoms with Crippen molar-refractivity contribution in [2.45, 2.75) is 44.7 Å². The molecule has 5 nitrogen and oxygen atoms in total. The van der Waals surface area contributed by atoms with Crippen molar-refractivity contribution in [3.05, 3.63) is 58.3 Å². The Morgan fingerprint density at radius 2 is 1.87 bits per heavy atom. The minimum atomic E-state index is -0.516. The smallest absolute Gasteiger partial charge is 0.247 e. The summed E-state index contributed by atoms with van der Waals surface area (Å²) in [6, 6.07) is 13.5. The van der Waals surface area contributed by atoms with Gasteiger partial charge in [0, 0.05) is 30.9 Å². The maximum atomic E-state index is 13.2. The average Bonchev–Trinajstić information content (AvgIpc) is 3.29. The molecule has 0 bridgehead atoms. The zero-order valence-corrected chi connectivity index (χ0v) is 18.3. The van der Waals surface area contributed by atoms with E-state index in [1.807, 2.05) is 41.7 Å². The van der Waals surface area contributed by atoms with E-state index in [9.17, 15) is 9.59 Å². The van der Waals surface area contributed by atoms with Crippen LogP contribution in [-0.4, -0.2) is 47.8 Å². The summed E-state index contributed by atoms with van der Waals surface area (Å²) in [4.78, 5) is 31.4. The molecule has 2 amide bonds. The summed E-state index contributed by atoms with van der Waals surface area (Å²) in [5.41, 5.74) is 0.899. The lowest BCUT2D eigenvalue weighted by Gasteiger charge is -2.35. The van der Waals surface area contributed by atoms with Gasteiger partial charge in [0.2, 0.25) is 11.8 Å². The third-order valence-electron chi connectivity index (χ3n) is 6.27. The average molecular weight is 426 g/mol. The van der Waals surface area contributed by atoms with Gasteiger partial charge >= 0.3 is 0 Å². The van der Waals surface area contributed by atoms with E-state index in [2.05, 4.69) is 27.7 Å². The Morgan fingerprint density at radius 3 is 2.57 bits per heavy atom. The fraction of sp³-hybridized carbons (Fsp3) is 0.500.